The number of fused-ring (bicyclic) bond motifs is 1. The highest BCUT2D eigenvalue weighted by atomic mass is 19.4. The van der Waals surface area contributed by atoms with Crippen LogP contribution in [0.4, 0.5) is 26.7 Å². The smallest absolute Gasteiger partial charge is 0.393 e. The third-order valence-electron chi connectivity index (χ3n) is 7.65. The molecule has 13 nitrogen and oxygen atoms in total. The van der Waals surface area contributed by atoms with Crippen LogP contribution >= 0.6 is 0 Å². The van der Waals surface area contributed by atoms with E-state index in [0.717, 1.165) is 31.6 Å². The molecule has 0 bridgehead atoms. The molecule has 4 heterocycles. The topological polar surface area (TPSA) is 149 Å². The average Bonchev–Trinajstić information content (AvgIpc) is 3.48. The van der Waals surface area contributed by atoms with Crippen molar-refractivity contribution in [3.05, 3.63) is 35.4 Å². The first kappa shape index (κ1) is 31.3. The van der Waals surface area contributed by atoms with Crippen molar-refractivity contribution in [2.24, 2.45) is 5.41 Å². The molecule has 1 aliphatic carbocycles. The minimum atomic E-state index is -4.51. The van der Waals surface area contributed by atoms with Crippen LogP contribution in [0.25, 0.3) is 5.65 Å². The minimum Gasteiger partial charge on any atom is -0.477 e. The van der Waals surface area contributed by atoms with Gasteiger partial charge in [0.05, 0.1) is 68.5 Å². The largest absolute Gasteiger partial charge is 0.477 e. The fraction of sp³-hybridized carbons (Fsp3) is 0.615. The number of hydrogen-bond acceptors (Lipinski definition) is 9. The summed E-state index contributed by atoms with van der Waals surface area (Å²) in [6, 6.07) is -1.12. The number of rotatable bonds is 12. The number of urea groups is 1. The van der Waals surface area contributed by atoms with Gasteiger partial charge in [0.15, 0.2) is 5.65 Å². The Balaban J connectivity index is 1.45. The van der Waals surface area contributed by atoms with E-state index in [1.807, 2.05) is 0 Å². The van der Waals surface area contributed by atoms with Crippen molar-refractivity contribution in [3.8, 4) is 5.88 Å². The molecule has 0 aromatic carbocycles. The van der Waals surface area contributed by atoms with Gasteiger partial charge in [-0.1, -0.05) is 13.8 Å². The van der Waals surface area contributed by atoms with Crippen molar-refractivity contribution in [1.29, 1.82) is 0 Å². The summed E-state index contributed by atoms with van der Waals surface area (Å²) < 4.78 is 86.1. The Morgan fingerprint density at radius 1 is 1.27 bits per heavy atom. The second-order valence-electron chi connectivity index (χ2n) is 11.5. The van der Waals surface area contributed by atoms with Crippen molar-refractivity contribution < 1.29 is 45.6 Å². The number of amides is 3. The van der Waals surface area contributed by atoms with Crippen LogP contribution < -0.4 is 15.4 Å². The zero-order valence-electron chi connectivity index (χ0n) is 24.0. The van der Waals surface area contributed by atoms with Gasteiger partial charge in [-0.25, -0.2) is 27.7 Å². The number of alkyl halides is 5. The van der Waals surface area contributed by atoms with Crippen molar-refractivity contribution in [2.75, 3.05) is 26.8 Å². The molecule has 0 spiro atoms. The summed E-state index contributed by atoms with van der Waals surface area (Å²) in [6.07, 6.45) is -0.624. The number of carbonyl (C=O) groups excluding carboxylic acids is 2. The molecule has 1 aliphatic heterocycles. The van der Waals surface area contributed by atoms with Gasteiger partial charge in [0.2, 0.25) is 5.69 Å². The van der Waals surface area contributed by atoms with Gasteiger partial charge in [0, 0.05) is 5.56 Å². The molecule has 1 saturated carbocycles. The number of aromatic nitrogens is 5. The molecule has 2 atom stereocenters. The van der Waals surface area contributed by atoms with Crippen LogP contribution in [0, 0.1) is 5.41 Å². The third kappa shape index (κ3) is 6.84. The maximum Gasteiger partial charge on any atom is 0.393 e. The Morgan fingerprint density at radius 2 is 2.02 bits per heavy atom. The van der Waals surface area contributed by atoms with Gasteiger partial charge in [-0.2, -0.15) is 18.3 Å². The molecule has 2 N–H and O–H groups in total. The summed E-state index contributed by atoms with van der Waals surface area (Å²) in [5, 5.41) is 16.1. The highest BCUT2D eigenvalue weighted by molar-refractivity contribution is 5.94. The molecule has 0 radical (unpaired) electrons. The lowest BCUT2D eigenvalue weighted by Crippen LogP contribution is -2.58. The molecule has 2 aliphatic rings. The number of methoxy groups -OCH3 is 1. The van der Waals surface area contributed by atoms with E-state index < -0.39 is 54.6 Å². The monoisotopic (exact) mass is 630 g/mol. The van der Waals surface area contributed by atoms with Gasteiger partial charge in [0.25, 0.3) is 17.7 Å². The first-order valence-corrected chi connectivity index (χ1v) is 13.8. The quantitative estimate of drug-likeness (QED) is 0.285. The first-order chi connectivity index (χ1) is 20.7. The predicted octanol–water partition coefficient (Wildman–Crippen LogP) is 3.84. The van der Waals surface area contributed by atoms with E-state index in [4.69, 9.17) is 9.47 Å². The second kappa shape index (κ2) is 11.8. The van der Waals surface area contributed by atoms with Crippen LogP contribution in [0.15, 0.2) is 23.1 Å². The summed E-state index contributed by atoms with van der Waals surface area (Å²) in [5.74, 6) is -4.20. The SMILES string of the molecule is COc1nonc1C(=O)N[C@@H](CCC(C)(C)C(F)(F)F)c1cn2ncc([C@@H](COC3CC3)N3CC(F)(F)CNC3=O)cc2n1. The molecule has 2 fully saturated rings. The Kier molecular flexibility index (Phi) is 8.39. The Morgan fingerprint density at radius 3 is 2.70 bits per heavy atom. The first-order valence-electron chi connectivity index (χ1n) is 13.8. The van der Waals surface area contributed by atoms with Gasteiger partial charge in [-0.15, -0.1) is 0 Å². The summed E-state index contributed by atoms with van der Waals surface area (Å²) in [4.78, 5) is 31.1. The predicted molar refractivity (Wildman–Crippen MR) is 140 cm³/mol. The molecule has 1 saturated heterocycles. The number of halogens is 5. The highest BCUT2D eigenvalue weighted by Gasteiger charge is 2.47. The van der Waals surface area contributed by atoms with Crippen LogP contribution in [0.1, 0.15) is 73.4 Å². The molecular weight excluding hydrogens is 599 g/mol. The Hall–Kier alpha value is -4.09. The maximum atomic E-state index is 14.3. The molecule has 240 valence electrons. The van der Waals surface area contributed by atoms with E-state index in [-0.39, 0.29) is 48.5 Å². The van der Waals surface area contributed by atoms with E-state index >= 15 is 0 Å². The maximum absolute atomic E-state index is 14.3. The number of imidazole rings is 1. The van der Waals surface area contributed by atoms with Gasteiger partial charge >= 0.3 is 12.2 Å². The number of hydrogen-bond donors (Lipinski definition) is 2. The Labute approximate surface area is 247 Å². The molecule has 5 rings (SSSR count). The van der Waals surface area contributed by atoms with Crippen LogP contribution in [-0.4, -0.2) is 86.8 Å². The van der Waals surface area contributed by atoms with Crippen molar-refractivity contribution in [2.45, 2.75) is 69.8 Å². The van der Waals surface area contributed by atoms with E-state index in [9.17, 15) is 31.5 Å². The number of nitrogens with one attached hydrogen (secondary N) is 2. The molecule has 3 amide bonds. The van der Waals surface area contributed by atoms with Gasteiger partial charge < -0.3 is 25.0 Å². The molecular formula is C26H31F5N8O5. The fourth-order valence-electron chi connectivity index (χ4n) is 4.64. The minimum absolute atomic E-state index is 0.0237. The van der Waals surface area contributed by atoms with Crippen LogP contribution in [-0.2, 0) is 4.74 Å². The van der Waals surface area contributed by atoms with Crippen molar-refractivity contribution >= 4 is 17.6 Å². The number of ether oxygens (including phenoxy) is 2. The molecule has 44 heavy (non-hydrogen) atoms. The summed E-state index contributed by atoms with van der Waals surface area (Å²) in [7, 11) is 1.24. The lowest BCUT2D eigenvalue weighted by Gasteiger charge is -2.38. The molecule has 3 aromatic heterocycles. The standard InChI is InChI=1S/C26H31F5N8O5/c1-24(2,26(29,30)31)7-6-16(35-21(40)20-22(42-3)37-44-36-20)17-10-39-19(34-17)8-14(9-33-39)18(11-43-15-4-5-15)38-13-25(27,28)12-32-23(38)41/h8-10,15-16,18H,4-7,11-13H2,1-3H3,(H,32,41)(H,35,40)/t16-,18+/m0/s1. The second-order valence-corrected chi connectivity index (χ2v) is 11.5. The molecule has 3 aromatic rings. The van der Waals surface area contributed by atoms with E-state index in [0.29, 0.717) is 5.56 Å². The lowest BCUT2D eigenvalue weighted by molar-refractivity contribution is -0.214. The summed E-state index contributed by atoms with van der Waals surface area (Å²) in [6.45, 7) is 0.439. The normalized spacial score (nSPS) is 18.6. The van der Waals surface area contributed by atoms with E-state index in [2.05, 4.69) is 35.7 Å². The molecule has 18 heteroatoms. The van der Waals surface area contributed by atoms with Crippen molar-refractivity contribution in [3.63, 3.8) is 0 Å². The zero-order valence-corrected chi connectivity index (χ0v) is 24.0. The molecule has 0 unspecified atom stereocenters. The number of nitrogens with zero attached hydrogens (tertiary/aromatic N) is 6. The lowest BCUT2D eigenvalue weighted by atomic mass is 9.85. The Bertz CT molecular complexity index is 1510. The van der Waals surface area contributed by atoms with Crippen LogP contribution in [0.5, 0.6) is 5.88 Å². The summed E-state index contributed by atoms with van der Waals surface area (Å²) in [5.41, 5.74) is -1.66. The highest BCUT2D eigenvalue weighted by Crippen LogP contribution is 2.42. The summed E-state index contributed by atoms with van der Waals surface area (Å²) >= 11 is 0. The average molecular weight is 631 g/mol. The fourth-order valence-corrected chi connectivity index (χ4v) is 4.64. The van der Waals surface area contributed by atoms with E-state index in [1.54, 1.807) is 0 Å². The van der Waals surface area contributed by atoms with Crippen LogP contribution in [0.3, 0.4) is 0 Å². The van der Waals surface area contributed by atoms with Gasteiger partial charge in [-0.3, -0.25) is 4.79 Å². The van der Waals surface area contributed by atoms with Crippen molar-refractivity contribution in [1.82, 2.24) is 40.4 Å². The van der Waals surface area contributed by atoms with E-state index in [1.165, 1.54) is 30.1 Å². The zero-order chi connectivity index (χ0) is 31.9. The van der Waals surface area contributed by atoms with Crippen LogP contribution in [0.2, 0.25) is 0 Å². The van der Waals surface area contributed by atoms with Gasteiger partial charge in [0.1, 0.15) is 0 Å². The third-order valence-corrected chi connectivity index (χ3v) is 7.65. The van der Waals surface area contributed by atoms with Gasteiger partial charge in [-0.05, 0) is 42.1 Å². The number of carbonyl (C=O) groups is 2.